The van der Waals surface area contributed by atoms with Gasteiger partial charge in [-0.15, -0.1) is 0 Å². The fourth-order valence-corrected chi connectivity index (χ4v) is 0.753. The summed E-state index contributed by atoms with van der Waals surface area (Å²) in [6.45, 7) is 3.83. The predicted molar refractivity (Wildman–Crippen MR) is 44.4 cm³/mol. The second-order valence-corrected chi connectivity index (χ2v) is 3.08. The molecule has 0 bridgehead atoms. The normalized spacial score (nSPS) is 10.2. The van der Waals surface area contributed by atoms with E-state index in [1.165, 1.54) is 7.11 Å². The molecule has 0 fully saturated rings. The number of ether oxygens (including phenoxy) is 1. The third-order valence-corrected chi connectivity index (χ3v) is 1.64. The van der Waals surface area contributed by atoms with E-state index in [1.807, 2.05) is 0 Å². The molecule has 0 aromatic heterocycles. The first kappa shape index (κ1) is 10.8. The summed E-state index contributed by atoms with van der Waals surface area (Å²) in [7, 11) is 1.34. The van der Waals surface area contributed by atoms with Gasteiger partial charge in [0.05, 0.1) is 12.5 Å². The molecule has 0 saturated heterocycles. The Morgan fingerprint density at radius 2 is 2.25 bits per heavy atom. The fourth-order valence-electron chi connectivity index (χ4n) is 0.753. The van der Waals surface area contributed by atoms with Crippen molar-refractivity contribution in [3.05, 3.63) is 10.4 Å². The molecule has 12 heavy (non-hydrogen) atoms. The molecule has 0 spiro atoms. The minimum Gasteiger partial charge on any atom is -0.469 e. The van der Waals surface area contributed by atoms with Crippen LogP contribution in [0.2, 0.25) is 0 Å². The fraction of sp³-hybridized carbons (Fsp3) is 0.857. The molecule has 0 aromatic rings. The Morgan fingerprint density at radius 1 is 1.67 bits per heavy atom. The van der Waals surface area contributed by atoms with Crippen molar-refractivity contribution >= 4 is 5.97 Å². The molecule has 0 N–H and O–H groups in total. The molecule has 0 heterocycles. The molecule has 0 aliphatic heterocycles. The minimum atomic E-state index is -0.567. The number of esters is 1. The van der Waals surface area contributed by atoms with Crippen LogP contribution in [0.15, 0.2) is 5.11 Å². The standard InChI is InChI=1S/C7H13N3O2/c1-7(2,6(11)12-3)4-5-9-10-8/h4-5H2,1-3H3. The summed E-state index contributed by atoms with van der Waals surface area (Å²) >= 11 is 0. The van der Waals surface area contributed by atoms with Crippen molar-refractivity contribution in [2.24, 2.45) is 10.5 Å². The highest BCUT2D eigenvalue weighted by Gasteiger charge is 2.27. The molecule has 5 nitrogen and oxygen atoms in total. The highest BCUT2D eigenvalue weighted by atomic mass is 16.5. The zero-order valence-electron chi connectivity index (χ0n) is 7.57. The lowest BCUT2D eigenvalue weighted by Crippen LogP contribution is -2.26. The molecule has 0 saturated carbocycles. The molecule has 0 unspecified atom stereocenters. The van der Waals surface area contributed by atoms with Crippen LogP contribution in [0, 0.1) is 5.41 Å². The zero-order valence-corrected chi connectivity index (χ0v) is 7.57. The maximum absolute atomic E-state index is 11.1. The Balaban J connectivity index is 4.03. The minimum absolute atomic E-state index is 0.282. The zero-order chi connectivity index (χ0) is 9.61. The van der Waals surface area contributed by atoms with Crippen LogP contribution in [-0.4, -0.2) is 19.6 Å². The Kier molecular flexibility index (Phi) is 4.15. The molecule has 0 radical (unpaired) electrons. The van der Waals surface area contributed by atoms with Crippen LogP contribution in [-0.2, 0) is 9.53 Å². The first-order chi connectivity index (χ1) is 5.54. The molecule has 0 aliphatic rings. The van der Waals surface area contributed by atoms with Crippen LogP contribution in [0.4, 0.5) is 0 Å². The molecule has 0 aliphatic carbocycles. The van der Waals surface area contributed by atoms with Crippen molar-refractivity contribution in [2.75, 3.05) is 13.7 Å². The van der Waals surface area contributed by atoms with Crippen molar-refractivity contribution in [3.8, 4) is 0 Å². The van der Waals surface area contributed by atoms with Crippen LogP contribution >= 0.6 is 0 Å². The first-order valence-corrected chi connectivity index (χ1v) is 3.64. The summed E-state index contributed by atoms with van der Waals surface area (Å²) in [6, 6.07) is 0. The van der Waals surface area contributed by atoms with Crippen molar-refractivity contribution < 1.29 is 9.53 Å². The van der Waals surface area contributed by atoms with Crippen molar-refractivity contribution in [1.29, 1.82) is 0 Å². The van der Waals surface area contributed by atoms with Gasteiger partial charge in [-0.2, -0.15) is 0 Å². The van der Waals surface area contributed by atoms with Crippen molar-refractivity contribution in [3.63, 3.8) is 0 Å². The number of azide groups is 1. The van der Waals surface area contributed by atoms with Gasteiger partial charge in [-0.1, -0.05) is 5.11 Å². The number of rotatable bonds is 4. The summed E-state index contributed by atoms with van der Waals surface area (Å²) < 4.78 is 4.57. The van der Waals surface area contributed by atoms with E-state index in [0.29, 0.717) is 13.0 Å². The predicted octanol–water partition coefficient (Wildman–Crippen LogP) is 1.89. The van der Waals surface area contributed by atoms with E-state index in [9.17, 15) is 4.79 Å². The molecular weight excluding hydrogens is 158 g/mol. The number of hydrogen-bond acceptors (Lipinski definition) is 3. The van der Waals surface area contributed by atoms with E-state index in [1.54, 1.807) is 13.8 Å². The van der Waals surface area contributed by atoms with Gasteiger partial charge in [0.25, 0.3) is 0 Å². The van der Waals surface area contributed by atoms with Crippen LogP contribution in [0.3, 0.4) is 0 Å². The number of carbonyl (C=O) groups is 1. The van der Waals surface area contributed by atoms with Gasteiger partial charge >= 0.3 is 5.97 Å². The second-order valence-electron chi connectivity index (χ2n) is 3.08. The Labute approximate surface area is 71.3 Å². The quantitative estimate of drug-likeness (QED) is 0.280. The first-order valence-electron chi connectivity index (χ1n) is 3.64. The van der Waals surface area contributed by atoms with Crippen molar-refractivity contribution in [2.45, 2.75) is 20.3 Å². The van der Waals surface area contributed by atoms with Crippen LogP contribution in [0.25, 0.3) is 10.4 Å². The Bertz CT molecular complexity index is 207. The van der Waals surface area contributed by atoms with Gasteiger partial charge < -0.3 is 4.74 Å². The summed E-state index contributed by atoms with van der Waals surface area (Å²) in [4.78, 5) is 13.7. The van der Waals surface area contributed by atoms with Crippen LogP contribution < -0.4 is 0 Å². The Morgan fingerprint density at radius 3 is 2.67 bits per heavy atom. The lowest BCUT2D eigenvalue weighted by Gasteiger charge is -2.19. The highest BCUT2D eigenvalue weighted by molar-refractivity contribution is 5.75. The van der Waals surface area contributed by atoms with Gasteiger partial charge in [-0.05, 0) is 25.8 Å². The van der Waals surface area contributed by atoms with E-state index >= 15 is 0 Å². The third kappa shape index (κ3) is 3.25. The molecule has 0 atom stereocenters. The van der Waals surface area contributed by atoms with E-state index in [4.69, 9.17) is 5.53 Å². The van der Waals surface area contributed by atoms with E-state index in [-0.39, 0.29) is 5.97 Å². The lowest BCUT2D eigenvalue weighted by molar-refractivity contribution is -0.150. The Hall–Kier alpha value is -1.22. The summed E-state index contributed by atoms with van der Waals surface area (Å²) in [5.74, 6) is -0.282. The number of hydrogen-bond donors (Lipinski definition) is 0. The van der Waals surface area contributed by atoms with E-state index in [0.717, 1.165) is 0 Å². The third-order valence-electron chi connectivity index (χ3n) is 1.64. The van der Waals surface area contributed by atoms with Gasteiger partial charge in [-0.25, -0.2) is 0 Å². The maximum atomic E-state index is 11.1. The lowest BCUT2D eigenvalue weighted by atomic mass is 9.90. The molecule has 0 rings (SSSR count). The molecular formula is C7H13N3O2. The largest absolute Gasteiger partial charge is 0.469 e. The van der Waals surface area contributed by atoms with Gasteiger partial charge in [0.1, 0.15) is 0 Å². The average molecular weight is 171 g/mol. The summed E-state index contributed by atoms with van der Waals surface area (Å²) in [6.07, 6.45) is 0.504. The molecule has 68 valence electrons. The van der Waals surface area contributed by atoms with Gasteiger partial charge in [0.15, 0.2) is 0 Å². The smallest absolute Gasteiger partial charge is 0.311 e. The monoisotopic (exact) mass is 171 g/mol. The average Bonchev–Trinajstić information content (AvgIpc) is 2.03. The van der Waals surface area contributed by atoms with Gasteiger partial charge in [-0.3, -0.25) is 4.79 Å². The topological polar surface area (TPSA) is 75.1 Å². The van der Waals surface area contributed by atoms with Crippen molar-refractivity contribution in [1.82, 2.24) is 0 Å². The maximum Gasteiger partial charge on any atom is 0.311 e. The summed E-state index contributed by atoms with van der Waals surface area (Å²) in [5.41, 5.74) is 7.43. The van der Waals surface area contributed by atoms with E-state index in [2.05, 4.69) is 14.8 Å². The number of methoxy groups -OCH3 is 1. The van der Waals surface area contributed by atoms with Gasteiger partial charge in [0.2, 0.25) is 0 Å². The molecule has 0 amide bonds. The highest BCUT2D eigenvalue weighted by Crippen LogP contribution is 2.21. The summed E-state index contributed by atoms with van der Waals surface area (Å²) in [5, 5.41) is 3.35. The molecule has 5 heteroatoms. The van der Waals surface area contributed by atoms with Crippen LogP contribution in [0.5, 0.6) is 0 Å². The van der Waals surface area contributed by atoms with Gasteiger partial charge in [0, 0.05) is 11.5 Å². The second kappa shape index (κ2) is 4.62. The van der Waals surface area contributed by atoms with Crippen LogP contribution in [0.1, 0.15) is 20.3 Å². The number of nitrogens with zero attached hydrogens (tertiary/aromatic N) is 3. The van der Waals surface area contributed by atoms with E-state index < -0.39 is 5.41 Å². The number of carbonyl (C=O) groups excluding carboxylic acids is 1. The SMILES string of the molecule is COC(=O)C(C)(C)CCN=[N+]=[N-]. The molecule has 0 aromatic carbocycles.